The number of alkyl halides is 3. The van der Waals surface area contributed by atoms with Gasteiger partial charge in [-0.25, -0.2) is 0 Å². The molecule has 35 heavy (non-hydrogen) atoms. The Kier molecular flexibility index (Phi) is 7.77. The maximum atomic E-state index is 13.6. The maximum Gasteiger partial charge on any atom is 0.416 e. The molecule has 3 rings (SSSR count). The number of hydrogen-bond acceptors (Lipinski definition) is 2. The van der Waals surface area contributed by atoms with Gasteiger partial charge in [-0.15, -0.1) is 0 Å². The van der Waals surface area contributed by atoms with Crippen molar-refractivity contribution in [1.29, 1.82) is 0 Å². The summed E-state index contributed by atoms with van der Waals surface area (Å²) in [6, 6.07) is 11.5. The zero-order valence-electron chi connectivity index (χ0n) is 21.3. The molecule has 0 spiro atoms. The highest BCUT2D eigenvalue weighted by Gasteiger charge is 2.40. The highest BCUT2D eigenvalue weighted by molar-refractivity contribution is 6.10. The molecule has 0 fully saturated rings. The summed E-state index contributed by atoms with van der Waals surface area (Å²) in [6.07, 6.45) is 0.0744. The average molecular weight is 486 g/mol. The van der Waals surface area contributed by atoms with Crippen LogP contribution in [0.25, 0.3) is 0 Å². The summed E-state index contributed by atoms with van der Waals surface area (Å²) >= 11 is 0. The second-order valence-corrected chi connectivity index (χ2v) is 9.72. The molecule has 1 atom stereocenters. The average Bonchev–Trinajstić information content (AvgIpc) is 3.13. The first kappa shape index (κ1) is 26.5. The number of nitrogens with zero attached hydrogens (tertiary/aromatic N) is 3. The van der Waals surface area contributed by atoms with Gasteiger partial charge >= 0.3 is 6.18 Å². The molecule has 1 heterocycles. The topological polar surface area (TPSA) is 35.9 Å². The molecule has 0 bridgehead atoms. The fourth-order valence-electron chi connectivity index (χ4n) is 4.92. The third kappa shape index (κ3) is 5.60. The minimum Gasteiger partial charge on any atom is -0.340 e. The van der Waals surface area contributed by atoms with Crippen LogP contribution in [0.4, 0.5) is 18.9 Å². The molecular weight excluding hydrogens is 451 g/mol. The number of amidine groups is 1. The standard InChI is InChI=1S/C28H34F3N3O/c1-7-14-27(4,16-25(32-5)33(6)17-19(2)3)20-10-8-11-21(15-20)34-18-23-22(26(34)35)12-9-13-24(23)28(29,30)31/h8-13,15,17H,7,14,16,18H2,1-6H3. The summed E-state index contributed by atoms with van der Waals surface area (Å²) in [7, 11) is 3.77. The lowest BCUT2D eigenvalue weighted by molar-refractivity contribution is -0.138. The van der Waals surface area contributed by atoms with E-state index in [0.29, 0.717) is 12.1 Å². The quantitative estimate of drug-likeness (QED) is 0.307. The van der Waals surface area contributed by atoms with Gasteiger partial charge in [0, 0.05) is 38.0 Å². The van der Waals surface area contributed by atoms with Crippen LogP contribution in [0.2, 0.25) is 0 Å². The van der Waals surface area contributed by atoms with Gasteiger partial charge in [0.15, 0.2) is 0 Å². The van der Waals surface area contributed by atoms with E-state index in [0.717, 1.165) is 35.9 Å². The van der Waals surface area contributed by atoms with Gasteiger partial charge in [0.25, 0.3) is 5.91 Å². The molecule has 1 amide bonds. The number of allylic oxidation sites excluding steroid dienone is 1. The van der Waals surface area contributed by atoms with Gasteiger partial charge in [-0.3, -0.25) is 9.79 Å². The number of fused-ring (bicyclic) bond motifs is 1. The third-order valence-corrected chi connectivity index (χ3v) is 6.60. The largest absolute Gasteiger partial charge is 0.416 e. The number of rotatable bonds is 7. The molecule has 1 aliphatic rings. The molecule has 0 saturated carbocycles. The van der Waals surface area contributed by atoms with Crippen molar-refractivity contribution in [2.24, 2.45) is 4.99 Å². The molecule has 2 aromatic rings. The van der Waals surface area contributed by atoms with Crippen molar-refractivity contribution in [3.05, 3.63) is 76.5 Å². The molecule has 0 saturated heterocycles. The van der Waals surface area contributed by atoms with Gasteiger partial charge in [0.2, 0.25) is 0 Å². The Balaban J connectivity index is 1.97. The lowest BCUT2D eigenvalue weighted by Gasteiger charge is -2.33. The fraction of sp³-hybridized carbons (Fsp3) is 0.429. The van der Waals surface area contributed by atoms with E-state index in [4.69, 9.17) is 0 Å². The van der Waals surface area contributed by atoms with Crippen molar-refractivity contribution < 1.29 is 18.0 Å². The van der Waals surface area contributed by atoms with Crippen LogP contribution < -0.4 is 4.90 Å². The number of carbonyl (C=O) groups excluding carboxylic acids is 1. The normalized spacial score (nSPS) is 15.6. The van der Waals surface area contributed by atoms with E-state index < -0.39 is 17.6 Å². The molecule has 1 aliphatic heterocycles. The molecule has 188 valence electrons. The van der Waals surface area contributed by atoms with E-state index in [1.807, 2.05) is 50.2 Å². The lowest BCUT2D eigenvalue weighted by Crippen LogP contribution is -2.32. The minimum atomic E-state index is -4.50. The van der Waals surface area contributed by atoms with Crippen molar-refractivity contribution in [3.8, 4) is 0 Å². The zero-order chi connectivity index (χ0) is 26.0. The highest BCUT2D eigenvalue weighted by atomic mass is 19.4. The molecule has 7 heteroatoms. The van der Waals surface area contributed by atoms with E-state index in [1.54, 1.807) is 13.1 Å². The van der Waals surface area contributed by atoms with Crippen LogP contribution in [0.5, 0.6) is 0 Å². The summed E-state index contributed by atoms with van der Waals surface area (Å²) in [5.74, 6) is 0.534. The van der Waals surface area contributed by atoms with Crippen molar-refractivity contribution in [2.45, 2.75) is 65.1 Å². The van der Waals surface area contributed by atoms with Gasteiger partial charge in [-0.2, -0.15) is 13.2 Å². The molecular formula is C28H34F3N3O. The Morgan fingerprint density at radius 1 is 1.17 bits per heavy atom. The second kappa shape index (κ2) is 10.3. The van der Waals surface area contributed by atoms with Gasteiger partial charge in [0.1, 0.15) is 5.84 Å². The Morgan fingerprint density at radius 3 is 2.46 bits per heavy atom. The van der Waals surface area contributed by atoms with Crippen LogP contribution >= 0.6 is 0 Å². The van der Waals surface area contributed by atoms with E-state index in [9.17, 15) is 18.0 Å². The number of carbonyl (C=O) groups is 1. The van der Waals surface area contributed by atoms with Crippen molar-refractivity contribution in [2.75, 3.05) is 19.0 Å². The number of anilines is 1. The van der Waals surface area contributed by atoms with Crippen LogP contribution in [-0.2, 0) is 18.1 Å². The van der Waals surface area contributed by atoms with E-state index in [-0.39, 0.29) is 23.1 Å². The number of aliphatic imine (C=N–C) groups is 1. The lowest BCUT2D eigenvalue weighted by atomic mass is 9.75. The van der Waals surface area contributed by atoms with Crippen LogP contribution in [-0.4, -0.2) is 30.7 Å². The van der Waals surface area contributed by atoms with Crippen LogP contribution in [0.3, 0.4) is 0 Å². The molecule has 2 aromatic carbocycles. The maximum absolute atomic E-state index is 13.6. The molecule has 0 radical (unpaired) electrons. The predicted molar refractivity (Wildman–Crippen MR) is 136 cm³/mol. The zero-order valence-corrected chi connectivity index (χ0v) is 21.3. The molecule has 1 unspecified atom stereocenters. The van der Waals surface area contributed by atoms with Crippen molar-refractivity contribution in [1.82, 2.24) is 4.90 Å². The number of amides is 1. The summed E-state index contributed by atoms with van der Waals surface area (Å²) in [4.78, 5) is 21.1. The van der Waals surface area contributed by atoms with Crippen molar-refractivity contribution >= 4 is 17.4 Å². The number of benzene rings is 2. The number of hydrogen-bond donors (Lipinski definition) is 0. The van der Waals surface area contributed by atoms with Gasteiger partial charge in [0.05, 0.1) is 12.1 Å². The van der Waals surface area contributed by atoms with Crippen molar-refractivity contribution in [3.63, 3.8) is 0 Å². The first-order chi connectivity index (χ1) is 16.4. The van der Waals surface area contributed by atoms with E-state index in [1.165, 1.54) is 17.0 Å². The first-order valence-electron chi connectivity index (χ1n) is 11.9. The second-order valence-electron chi connectivity index (χ2n) is 9.72. The monoisotopic (exact) mass is 485 g/mol. The van der Waals surface area contributed by atoms with Gasteiger partial charge < -0.3 is 9.80 Å². The van der Waals surface area contributed by atoms with Gasteiger partial charge in [-0.1, -0.05) is 44.0 Å². The number of halogens is 3. The van der Waals surface area contributed by atoms with E-state index in [2.05, 4.69) is 18.8 Å². The predicted octanol–water partition coefficient (Wildman–Crippen LogP) is 7.20. The summed E-state index contributed by atoms with van der Waals surface area (Å²) in [5.41, 5.74) is 1.94. The van der Waals surface area contributed by atoms with E-state index >= 15 is 0 Å². The SMILES string of the molecule is CCCC(C)(CC(=NC)N(C)C=C(C)C)c1cccc(N2Cc3c(cccc3C(F)(F)F)C2=O)c1. The fourth-order valence-corrected chi connectivity index (χ4v) is 4.92. The van der Waals surface area contributed by atoms with Crippen LogP contribution in [0, 0.1) is 0 Å². The Labute approximate surface area is 206 Å². The smallest absolute Gasteiger partial charge is 0.340 e. The van der Waals surface area contributed by atoms with Gasteiger partial charge in [-0.05, 0) is 61.1 Å². The summed E-state index contributed by atoms with van der Waals surface area (Å²) in [6.45, 7) is 8.29. The van der Waals surface area contributed by atoms with Crippen LogP contribution in [0.15, 0.2) is 59.2 Å². The van der Waals surface area contributed by atoms with Crippen LogP contribution in [0.1, 0.15) is 74.0 Å². The summed E-state index contributed by atoms with van der Waals surface area (Å²) in [5, 5.41) is 0. The minimum absolute atomic E-state index is 0.0375. The molecule has 4 nitrogen and oxygen atoms in total. The summed E-state index contributed by atoms with van der Waals surface area (Å²) < 4.78 is 40.7. The Hall–Kier alpha value is -3.09. The molecule has 0 N–H and O–H groups in total. The highest BCUT2D eigenvalue weighted by Crippen LogP contribution is 2.40. The molecule has 0 aliphatic carbocycles. The Morgan fingerprint density at radius 2 is 1.86 bits per heavy atom. The molecule has 0 aromatic heterocycles. The first-order valence-corrected chi connectivity index (χ1v) is 11.9. The third-order valence-electron chi connectivity index (χ3n) is 6.60. The Bertz CT molecular complexity index is 1150.